The lowest BCUT2D eigenvalue weighted by atomic mass is 9.97. The van der Waals surface area contributed by atoms with Gasteiger partial charge in [-0.2, -0.15) is 0 Å². The Balaban J connectivity index is 2.71. The molecule has 1 aliphatic rings. The minimum absolute atomic E-state index is 0.202. The summed E-state index contributed by atoms with van der Waals surface area (Å²) in [5, 5.41) is 0. The van der Waals surface area contributed by atoms with Crippen LogP contribution in [-0.4, -0.2) is 54.6 Å². The molecule has 1 heterocycles. The van der Waals surface area contributed by atoms with Gasteiger partial charge in [0.1, 0.15) is 0 Å². The van der Waals surface area contributed by atoms with Crippen LogP contribution in [0.1, 0.15) is 27.2 Å². The molecule has 0 aromatic heterocycles. The topological polar surface area (TPSA) is 32.5 Å². The van der Waals surface area contributed by atoms with Gasteiger partial charge in [0.05, 0.1) is 0 Å². The summed E-state index contributed by atoms with van der Waals surface area (Å²) in [5.74, 6) is 0. The van der Waals surface area contributed by atoms with Gasteiger partial charge in [0.25, 0.3) is 0 Å². The Labute approximate surface area is 88.2 Å². The van der Waals surface area contributed by atoms with Crippen molar-refractivity contribution in [1.29, 1.82) is 0 Å². The molecule has 0 aromatic rings. The van der Waals surface area contributed by atoms with Crippen LogP contribution in [-0.2, 0) is 0 Å². The van der Waals surface area contributed by atoms with Gasteiger partial charge in [-0.25, -0.2) is 0 Å². The fourth-order valence-corrected chi connectivity index (χ4v) is 2.14. The zero-order valence-corrected chi connectivity index (χ0v) is 10.3. The second-order valence-electron chi connectivity index (χ2n) is 5.67. The minimum Gasteiger partial charge on any atom is -0.329 e. The Hall–Kier alpha value is -0.120. The predicted octanol–water partition coefficient (Wildman–Crippen LogP) is 0.750. The van der Waals surface area contributed by atoms with Crippen molar-refractivity contribution in [3.63, 3.8) is 0 Å². The standard InChI is InChI=1S/C11H25N3/c1-10(2,3)14-7-6-11(8-12,9-14)13(4)5/h6-9,12H2,1-5H3. The molecule has 1 atom stereocenters. The Bertz CT molecular complexity index is 195. The van der Waals surface area contributed by atoms with Crippen molar-refractivity contribution in [1.82, 2.24) is 9.80 Å². The maximum Gasteiger partial charge on any atom is 0.0465 e. The number of likely N-dealkylation sites (N-methyl/N-ethyl adjacent to an activating group) is 1. The summed E-state index contributed by atoms with van der Waals surface area (Å²) in [5.41, 5.74) is 6.38. The van der Waals surface area contributed by atoms with E-state index < -0.39 is 0 Å². The van der Waals surface area contributed by atoms with Crippen LogP contribution < -0.4 is 5.73 Å². The third-order valence-electron chi connectivity index (χ3n) is 3.61. The SMILES string of the molecule is CN(C)C1(CN)CCN(C(C)(C)C)C1. The molecule has 0 bridgehead atoms. The van der Waals surface area contributed by atoms with Crippen LogP contribution >= 0.6 is 0 Å². The first-order valence-electron chi connectivity index (χ1n) is 5.44. The van der Waals surface area contributed by atoms with Crippen LogP contribution in [0, 0.1) is 0 Å². The van der Waals surface area contributed by atoms with Gasteiger partial charge in [-0.15, -0.1) is 0 Å². The van der Waals surface area contributed by atoms with Crippen molar-refractivity contribution in [2.75, 3.05) is 33.7 Å². The summed E-state index contributed by atoms with van der Waals surface area (Å²) in [4.78, 5) is 4.82. The van der Waals surface area contributed by atoms with E-state index in [9.17, 15) is 0 Å². The van der Waals surface area contributed by atoms with Crippen LogP contribution in [0.3, 0.4) is 0 Å². The van der Waals surface area contributed by atoms with E-state index in [0.717, 1.165) is 13.1 Å². The highest BCUT2D eigenvalue weighted by Gasteiger charge is 2.41. The molecule has 3 nitrogen and oxygen atoms in total. The Morgan fingerprint density at radius 3 is 2.14 bits per heavy atom. The van der Waals surface area contributed by atoms with Crippen molar-refractivity contribution in [2.45, 2.75) is 38.3 Å². The fraction of sp³-hybridized carbons (Fsp3) is 1.00. The van der Waals surface area contributed by atoms with Crippen LogP contribution in [0.25, 0.3) is 0 Å². The quantitative estimate of drug-likeness (QED) is 0.712. The summed E-state index contributed by atoms with van der Waals surface area (Å²) in [6.07, 6.45) is 1.19. The molecule has 2 N–H and O–H groups in total. The minimum atomic E-state index is 0.202. The zero-order valence-electron chi connectivity index (χ0n) is 10.3. The Morgan fingerprint density at radius 1 is 1.36 bits per heavy atom. The van der Waals surface area contributed by atoms with E-state index in [1.165, 1.54) is 13.0 Å². The van der Waals surface area contributed by atoms with Gasteiger partial charge < -0.3 is 10.6 Å². The first-order chi connectivity index (χ1) is 6.32. The van der Waals surface area contributed by atoms with E-state index in [0.29, 0.717) is 0 Å². The number of nitrogens with two attached hydrogens (primary N) is 1. The normalized spacial score (nSPS) is 30.2. The van der Waals surface area contributed by atoms with Gasteiger partial charge in [-0.3, -0.25) is 4.90 Å². The van der Waals surface area contributed by atoms with Crippen LogP contribution in [0.4, 0.5) is 0 Å². The largest absolute Gasteiger partial charge is 0.329 e. The highest BCUT2D eigenvalue weighted by molar-refractivity contribution is 5.00. The number of rotatable bonds is 2. The summed E-state index contributed by atoms with van der Waals surface area (Å²) < 4.78 is 0. The third-order valence-corrected chi connectivity index (χ3v) is 3.61. The third kappa shape index (κ3) is 2.10. The van der Waals surface area contributed by atoms with E-state index in [1.54, 1.807) is 0 Å². The molecular weight excluding hydrogens is 174 g/mol. The Kier molecular flexibility index (Phi) is 3.24. The summed E-state index contributed by atoms with van der Waals surface area (Å²) >= 11 is 0. The first-order valence-corrected chi connectivity index (χ1v) is 5.44. The van der Waals surface area contributed by atoms with Gasteiger partial charge in [0, 0.05) is 30.7 Å². The Morgan fingerprint density at radius 2 is 1.93 bits per heavy atom. The molecule has 0 spiro atoms. The monoisotopic (exact) mass is 199 g/mol. The second kappa shape index (κ2) is 3.80. The fourth-order valence-electron chi connectivity index (χ4n) is 2.14. The molecule has 0 radical (unpaired) electrons. The highest BCUT2D eigenvalue weighted by Crippen LogP contribution is 2.29. The van der Waals surface area contributed by atoms with E-state index >= 15 is 0 Å². The van der Waals surface area contributed by atoms with Crippen molar-refractivity contribution < 1.29 is 0 Å². The molecule has 1 rings (SSSR count). The average Bonchev–Trinajstić information content (AvgIpc) is 2.47. The lowest BCUT2D eigenvalue weighted by Crippen LogP contribution is -2.53. The van der Waals surface area contributed by atoms with Crippen LogP contribution in [0.15, 0.2) is 0 Å². The second-order valence-corrected chi connectivity index (χ2v) is 5.67. The lowest BCUT2D eigenvalue weighted by molar-refractivity contribution is 0.119. The number of likely N-dealkylation sites (tertiary alicyclic amines) is 1. The number of nitrogens with zero attached hydrogens (tertiary/aromatic N) is 2. The van der Waals surface area contributed by atoms with Gasteiger partial charge in [-0.05, 0) is 41.3 Å². The van der Waals surface area contributed by atoms with Crippen LogP contribution in [0.2, 0.25) is 0 Å². The first kappa shape index (κ1) is 12.0. The van der Waals surface area contributed by atoms with Gasteiger partial charge in [0.15, 0.2) is 0 Å². The zero-order chi connectivity index (χ0) is 11.0. The summed E-state index contributed by atoms with van der Waals surface area (Å²) in [6.45, 7) is 9.84. The van der Waals surface area contributed by atoms with Crippen molar-refractivity contribution >= 4 is 0 Å². The van der Waals surface area contributed by atoms with E-state index in [-0.39, 0.29) is 11.1 Å². The summed E-state index contributed by atoms with van der Waals surface area (Å²) in [7, 11) is 4.28. The predicted molar refractivity (Wildman–Crippen MR) is 61.4 cm³/mol. The average molecular weight is 199 g/mol. The van der Waals surface area contributed by atoms with E-state index in [1.807, 2.05) is 0 Å². The van der Waals surface area contributed by atoms with E-state index in [4.69, 9.17) is 5.73 Å². The molecule has 0 saturated carbocycles. The van der Waals surface area contributed by atoms with Crippen molar-refractivity contribution in [3.05, 3.63) is 0 Å². The molecule has 3 heteroatoms. The molecule has 14 heavy (non-hydrogen) atoms. The van der Waals surface area contributed by atoms with Crippen LogP contribution in [0.5, 0.6) is 0 Å². The van der Waals surface area contributed by atoms with Gasteiger partial charge in [-0.1, -0.05) is 0 Å². The van der Waals surface area contributed by atoms with Crippen molar-refractivity contribution in [2.24, 2.45) is 5.73 Å². The summed E-state index contributed by atoms with van der Waals surface area (Å²) in [6, 6.07) is 0. The number of hydrogen-bond acceptors (Lipinski definition) is 3. The maximum atomic E-state index is 5.91. The van der Waals surface area contributed by atoms with Gasteiger partial charge >= 0.3 is 0 Å². The highest BCUT2D eigenvalue weighted by atomic mass is 15.3. The number of hydrogen-bond donors (Lipinski definition) is 1. The lowest BCUT2D eigenvalue weighted by Gasteiger charge is -2.38. The molecule has 0 amide bonds. The molecule has 1 unspecified atom stereocenters. The molecule has 0 aliphatic carbocycles. The molecule has 1 fully saturated rings. The van der Waals surface area contributed by atoms with E-state index in [2.05, 4.69) is 44.7 Å². The molecule has 0 aromatic carbocycles. The molecule has 84 valence electrons. The van der Waals surface area contributed by atoms with Crippen molar-refractivity contribution in [3.8, 4) is 0 Å². The molecule has 1 saturated heterocycles. The smallest absolute Gasteiger partial charge is 0.0465 e. The molecule has 1 aliphatic heterocycles. The maximum absolute atomic E-state index is 5.91. The van der Waals surface area contributed by atoms with Gasteiger partial charge in [0.2, 0.25) is 0 Å². The molecular formula is C11H25N3.